The standard InChI is InChI=1S/C33H48N6O4/c1-37(27-14-7-3-8-15-27)31(41)16-11-21-43-28-17-18-29-25(22-28)23-39(30(24-40)38-19-9-4-10-20-38)32(35-29)36-33(42)34-26-12-5-2-6-13-26/h17-18,22,26-27H,2-16,19-21,23H2,1H3,(H2,34,35,36,42). The number of fused-ring (bicyclic) bond motifs is 1. The zero-order valence-electron chi connectivity index (χ0n) is 25.7. The molecule has 4 aliphatic rings. The molecule has 2 N–H and O–H groups in total. The summed E-state index contributed by atoms with van der Waals surface area (Å²) in [6.07, 6.45) is 15.6. The number of hydrogen-bond acceptors (Lipinski definition) is 7. The highest BCUT2D eigenvalue weighted by Crippen LogP contribution is 2.32. The number of guanidine groups is 1. The second-order valence-corrected chi connectivity index (χ2v) is 12.5. The Labute approximate surface area is 255 Å². The van der Waals surface area contributed by atoms with Crippen molar-refractivity contribution in [3.8, 4) is 5.75 Å². The number of hydrogen-bond donors (Lipinski definition) is 2. The zero-order valence-corrected chi connectivity index (χ0v) is 25.7. The molecule has 2 aliphatic heterocycles. The Kier molecular flexibility index (Phi) is 11.0. The number of rotatable bonds is 9. The molecule has 1 aromatic carbocycles. The number of likely N-dealkylation sites (tertiary alicyclic amines) is 1. The van der Waals surface area contributed by atoms with Crippen molar-refractivity contribution in [2.75, 3.05) is 26.7 Å². The number of amides is 3. The van der Waals surface area contributed by atoms with Gasteiger partial charge in [0.25, 0.3) is 0 Å². The third-order valence-corrected chi connectivity index (χ3v) is 9.35. The molecular formula is C33H48N6O4. The van der Waals surface area contributed by atoms with Crippen molar-refractivity contribution in [2.45, 2.75) is 115 Å². The van der Waals surface area contributed by atoms with Crippen LogP contribution in [0.5, 0.6) is 5.75 Å². The van der Waals surface area contributed by atoms with Gasteiger partial charge in [0.15, 0.2) is 11.8 Å². The summed E-state index contributed by atoms with van der Waals surface area (Å²) in [5.41, 5.74) is 1.62. The molecule has 5 rings (SSSR count). The molecule has 0 aromatic heterocycles. The Morgan fingerprint density at radius 1 is 1.00 bits per heavy atom. The lowest BCUT2D eigenvalue weighted by Gasteiger charge is -2.37. The highest BCUT2D eigenvalue weighted by Gasteiger charge is 2.30. The molecule has 0 spiro atoms. The number of urea groups is 1. The van der Waals surface area contributed by atoms with Crippen LogP contribution in [0.4, 0.5) is 10.5 Å². The van der Waals surface area contributed by atoms with Gasteiger partial charge in [-0.2, -0.15) is 0 Å². The van der Waals surface area contributed by atoms with Crippen LogP contribution < -0.4 is 15.4 Å². The van der Waals surface area contributed by atoms with E-state index in [1.54, 1.807) is 4.90 Å². The van der Waals surface area contributed by atoms with Crippen LogP contribution in [0.2, 0.25) is 0 Å². The van der Waals surface area contributed by atoms with Gasteiger partial charge in [0.2, 0.25) is 11.9 Å². The smallest absolute Gasteiger partial charge is 0.321 e. The van der Waals surface area contributed by atoms with Gasteiger partial charge < -0.3 is 19.9 Å². The molecule has 0 bridgehead atoms. The molecule has 2 heterocycles. The van der Waals surface area contributed by atoms with E-state index < -0.39 is 0 Å². The number of carbonyl (C=O) groups excluding carboxylic acids is 3. The maximum atomic E-state index is 13.0. The number of aliphatic imine (C=N–C) groups is 1. The van der Waals surface area contributed by atoms with E-state index in [-0.39, 0.29) is 18.0 Å². The Morgan fingerprint density at radius 2 is 1.70 bits per heavy atom. The lowest BCUT2D eigenvalue weighted by atomic mass is 9.94. The Balaban J connectivity index is 1.23. The summed E-state index contributed by atoms with van der Waals surface area (Å²) < 4.78 is 6.05. The lowest BCUT2D eigenvalue weighted by molar-refractivity contribution is -0.132. The Hall–Kier alpha value is -3.52. The van der Waals surface area contributed by atoms with E-state index in [4.69, 9.17) is 9.73 Å². The van der Waals surface area contributed by atoms with E-state index in [0.29, 0.717) is 49.6 Å². The molecule has 43 heavy (non-hydrogen) atoms. The topological polar surface area (TPSA) is 107 Å². The van der Waals surface area contributed by atoms with Gasteiger partial charge in [0.05, 0.1) is 18.8 Å². The summed E-state index contributed by atoms with van der Waals surface area (Å²) in [6, 6.07) is 5.93. The molecule has 234 valence electrons. The number of benzene rings is 1. The van der Waals surface area contributed by atoms with E-state index in [2.05, 4.69) is 16.6 Å². The fraction of sp³-hybridized carbons (Fsp3) is 0.667. The zero-order chi connectivity index (χ0) is 30.0. The average Bonchev–Trinajstić information content (AvgIpc) is 3.04. The van der Waals surface area contributed by atoms with Crippen LogP contribution >= 0.6 is 0 Å². The fourth-order valence-electron chi connectivity index (χ4n) is 6.81. The normalized spacial score (nSPS) is 19.5. The van der Waals surface area contributed by atoms with E-state index in [1.807, 2.05) is 35.0 Å². The summed E-state index contributed by atoms with van der Waals surface area (Å²) in [7, 11) is 1.93. The predicted octanol–water partition coefficient (Wildman–Crippen LogP) is 5.23. The molecule has 1 saturated heterocycles. The Bertz CT molecular complexity index is 1190. The van der Waals surface area contributed by atoms with Gasteiger partial charge in [-0.05, 0) is 69.6 Å². The van der Waals surface area contributed by atoms with Crippen LogP contribution in [0.3, 0.4) is 0 Å². The number of nitrogens with zero attached hydrogens (tertiary/aromatic N) is 4. The fourth-order valence-corrected chi connectivity index (χ4v) is 6.81. The summed E-state index contributed by atoms with van der Waals surface area (Å²) >= 11 is 0. The minimum absolute atomic E-state index is 0.157. The second kappa shape index (κ2) is 15.3. The molecule has 0 unspecified atom stereocenters. The largest absolute Gasteiger partial charge is 0.494 e. The van der Waals surface area contributed by atoms with Crippen LogP contribution in [0.1, 0.15) is 102 Å². The second-order valence-electron chi connectivity index (χ2n) is 12.5. The quantitative estimate of drug-likeness (QED) is 0.301. The molecule has 2 saturated carbocycles. The molecule has 0 radical (unpaired) electrons. The molecular weight excluding hydrogens is 544 g/mol. The van der Waals surface area contributed by atoms with Crippen molar-refractivity contribution < 1.29 is 19.1 Å². The van der Waals surface area contributed by atoms with Crippen LogP contribution in [0, 0.1) is 0 Å². The van der Waals surface area contributed by atoms with E-state index >= 15 is 0 Å². The van der Waals surface area contributed by atoms with Gasteiger partial charge in [0, 0.05) is 44.2 Å². The Morgan fingerprint density at radius 3 is 2.42 bits per heavy atom. The average molecular weight is 593 g/mol. The number of carbonyl (C=O) groups is 2. The van der Waals surface area contributed by atoms with Gasteiger partial charge in [-0.1, -0.05) is 38.5 Å². The summed E-state index contributed by atoms with van der Waals surface area (Å²) in [6.45, 7) is 2.35. The van der Waals surface area contributed by atoms with Crippen molar-refractivity contribution >= 4 is 29.5 Å². The van der Waals surface area contributed by atoms with Crippen LogP contribution in [-0.2, 0) is 16.1 Å². The van der Waals surface area contributed by atoms with E-state index in [9.17, 15) is 14.4 Å². The van der Waals surface area contributed by atoms with Crippen LogP contribution in [-0.4, -0.2) is 77.4 Å². The molecule has 1 aromatic rings. The van der Waals surface area contributed by atoms with E-state index in [1.165, 1.54) is 25.7 Å². The van der Waals surface area contributed by atoms with Gasteiger partial charge in [-0.15, -0.1) is 0 Å². The van der Waals surface area contributed by atoms with Gasteiger partial charge in [-0.3, -0.25) is 15.0 Å². The first-order chi connectivity index (χ1) is 21.0. The molecule has 3 amide bonds. The molecule has 2 aliphatic carbocycles. The predicted molar refractivity (Wildman–Crippen MR) is 167 cm³/mol. The third kappa shape index (κ3) is 8.31. The molecule has 3 fully saturated rings. The summed E-state index contributed by atoms with van der Waals surface area (Å²) in [4.78, 5) is 48.6. The summed E-state index contributed by atoms with van der Waals surface area (Å²) in [5.74, 6) is 3.77. The van der Waals surface area contributed by atoms with Crippen molar-refractivity contribution in [1.29, 1.82) is 0 Å². The number of ether oxygens (including phenoxy) is 1. The van der Waals surface area contributed by atoms with Crippen molar-refractivity contribution in [3.63, 3.8) is 0 Å². The molecule has 10 nitrogen and oxygen atoms in total. The van der Waals surface area contributed by atoms with Gasteiger partial charge >= 0.3 is 6.03 Å². The maximum absolute atomic E-state index is 13.0. The van der Waals surface area contributed by atoms with Crippen LogP contribution in [0.15, 0.2) is 29.0 Å². The first-order valence-corrected chi connectivity index (χ1v) is 16.5. The van der Waals surface area contributed by atoms with Crippen molar-refractivity contribution in [3.05, 3.63) is 29.6 Å². The van der Waals surface area contributed by atoms with Crippen molar-refractivity contribution in [1.82, 2.24) is 25.3 Å². The van der Waals surface area contributed by atoms with E-state index in [0.717, 1.165) is 82.1 Å². The highest BCUT2D eigenvalue weighted by atomic mass is 16.5. The highest BCUT2D eigenvalue weighted by molar-refractivity contribution is 5.99. The minimum atomic E-state index is -0.299. The lowest BCUT2D eigenvalue weighted by Crippen LogP contribution is -2.53. The van der Waals surface area contributed by atoms with Gasteiger partial charge in [-0.25, -0.2) is 14.6 Å². The van der Waals surface area contributed by atoms with Gasteiger partial charge in [0.1, 0.15) is 5.75 Å². The third-order valence-electron chi connectivity index (χ3n) is 9.35. The maximum Gasteiger partial charge on any atom is 0.321 e. The van der Waals surface area contributed by atoms with Crippen LogP contribution in [0.25, 0.3) is 0 Å². The molecule has 0 atom stereocenters. The SMILES string of the molecule is CN(C(=O)CCCOc1ccc2c(c1)CN(C(=C=O)N1CCCCC1)C(NC(=O)NC1CCCCC1)=N2)C1CCCCC1. The first kappa shape index (κ1) is 30.9. The monoisotopic (exact) mass is 592 g/mol. The first-order valence-electron chi connectivity index (χ1n) is 16.5. The van der Waals surface area contributed by atoms with Crippen molar-refractivity contribution in [2.24, 2.45) is 4.99 Å². The number of nitrogens with one attached hydrogen (secondary N) is 2. The molecule has 10 heteroatoms. The number of piperidine rings is 1. The summed E-state index contributed by atoms with van der Waals surface area (Å²) in [5, 5.41) is 6.04. The minimum Gasteiger partial charge on any atom is -0.494 e.